The van der Waals surface area contributed by atoms with E-state index in [1.54, 1.807) is 49.5 Å². The largest absolute Gasteiger partial charge is 0.508 e. The van der Waals surface area contributed by atoms with E-state index in [1.807, 2.05) is 19.9 Å². The molecule has 0 spiro atoms. The van der Waals surface area contributed by atoms with Gasteiger partial charge in [0.2, 0.25) is 0 Å². The smallest absolute Gasteiger partial charge is 0.379 e. The molecule has 0 atom stereocenters. The molecule has 0 aromatic heterocycles. The molecule has 0 fully saturated rings. The summed E-state index contributed by atoms with van der Waals surface area (Å²) in [6, 6.07) is 16.9. The number of aliphatic hydroxyl groups excluding tert-OH is 1. The number of fused-ring (bicyclic) bond motifs is 1. The van der Waals surface area contributed by atoms with Gasteiger partial charge in [-0.2, -0.15) is 13.2 Å². The number of aromatic hydroxyl groups is 2. The predicted octanol–water partition coefficient (Wildman–Crippen LogP) is 6.76. The number of phenolic OH excluding ortho intramolecular Hbond substituents is 2. The molecule has 198 valence electrons. The van der Waals surface area contributed by atoms with Crippen molar-refractivity contribution in [3.05, 3.63) is 78.4 Å². The van der Waals surface area contributed by atoms with E-state index in [-0.39, 0.29) is 35.7 Å². The Morgan fingerprint density at radius 2 is 1.68 bits per heavy atom. The molecule has 3 aromatic rings. The molecule has 3 N–H and O–H groups in total. The van der Waals surface area contributed by atoms with Gasteiger partial charge in [-0.15, -0.1) is 0 Å². The molecule has 3 aromatic carbocycles. The SMILES string of the molecule is C=C(O)c1cccc(Oc2ccc(O)c(C(C)C)c2)c1.CN1C(=O)COc2ccc(O)cc21.FC(F)F. The highest BCUT2D eigenvalue weighted by Crippen LogP contribution is 2.34. The Balaban J connectivity index is 0.000000242. The van der Waals surface area contributed by atoms with Crippen LogP contribution in [0.1, 0.15) is 30.9 Å². The Morgan fingerprint density at radius 3 is 2.30 bits per heavy atom. The van der Waals surface area contributed by atoms with Crippen LogP contribution < -0.4 is 14.4 Å². The summed E-state index contributed by atoms with van der Waals surface area (Å²) < 4.78 is 39.9. The summed E-state index contributed by atoms with van der Waals surface area (Å²) in [5.74, 6) is 2.38. The average Bonchev–Trinajstić information content (AvgIpc) is 2.83. The Hall–Kier alpha value is -4.34. The van der Waals surface area contributed by atoms with Crippen molar-refractivity contribution in [2.24, 2.45) is 0 Å². The van der Waals surface area contributed by atoms with Crippen LogP contribution in [0.2, 0.25) is 0 Å². The molecule has 0 radical (unpaired) electrons. The number of alkyl halides is 3. The molecule has 0 saturated carbocycles. The third-order valence-electron chi connectivity index (χ3n) is 5.05. The normalized spacial score (nSPS) is 12.0. The molecule has 1 aliphatic heterocycles. The second-order valence-corrected chi connectivity index (χ2v) is 8.09. The van der Waals surface area contributed by atoms with Crippen molar-refractivity contribution >= 4 is 17.4 Å². The van der Waals surface area contributed by atoms with E-state index >= 15 is 0 Å². The number of nitrogens with zero attached hydrogens (tertiary/aromatic N) is 1. The molecule has 0 bridgehead atoms. The number of benzene rings is 3. The zero-order valence-corrected chi connectivity index (χ0v) is 20.5. The summed E-state index contributed by atoms with van der Waals surface area (Å²) in [5.41, 5.74) is 2.06. The van der Waals surface area contributed by atoms with Crippen molar-refractivity contribution in [1.82, 2.24) is 0 Å². The number of aliphatic hydroxyl groups is 1. The highest BCUT2D eigenvalue weighted by molar-refractivity contribution is 5.97. The van der Waals surface area contributed by atoms with Gasteiger partial charge in [0.25, 0.3) is 5.91 Å². The first-order valence-electron chi connectivity index (χ1n) is 11.0. The maximum atomic E-state index is 11.2. The molecular weight excluding hydrogens is 491 g/mol. The number of likely N-dealkylation sites (N-methyl/N-ethyl adjacent to an activating group) is 1. The van der Waals surface area contributed by atoms with Gasteiger partial charge < -0.3 is 29.7 Å². The van der Waals surface area contributed by atoms with Crippen molar-refractivity contribution in [3.8, 4) is 28.7 Å². The molecule has 4 rings (SSSR count). The minimum Gasteiger partial charge on any atom is -0.508 e. The van der Waals surface area contributed by atoms with Crippen molar-refractivity contribution in [2.75, 3.05) is 18.6 Å². The fourth-order valence-electron chi connectivity index (χ4n) is 3.19. The van der Waals surface area contributed by atoms with E-state index < -0.39 is 6.68 Å². The van der Waals surface area contributed by atoms with Crippen LogP contribution in [0.5, 0.6) is 28.7 Å². The fourth-order valence-corrected chi connectivity index (χ4v) is 3.19. The summed E-state index contributed by atoms with van der Waals surface area (Å²) in [6.07, 6.45) is 0. The third kappa shape index (κ3) is 8.68. The van der Waals surface area contributed by atoms with Crippen molar-refractivity contribution in [2.45, 2.75) is 26.4 Å². The first kappa shape index (κ1) is 28.9. The average molecular weight is 520 g/mol. The van der Waals surface area contributed by atoms with E-state index in [0.29, 0.717) is 28.5 Å². The lowest BCUT2D eigenvalue weighted by Gasteiger charge is -2.25. The van der Waals surface area contributed by atoms with Crippen LogP contribution in [-0.2, 0) is 4.79 Å². The number of carbonyl (C=O) groups excluding carboxylic acids is 1. The highest BCUT2D eigenvalue weighted by Gasteiger charge is 2.22. The molecule has 0 unspecified atom stereocenters. The maximum absolute atomic E-state index is 11.2. The lowest BCUT2D eigenvalue weighted by molar-refractivity contribution is -0.120. The Labute approximate surface area is 212 Å². The molecule has 1 aliphatic rings. The van der Waals surface area contributed by atoms with Crippen LogP contribution >= 0.6 is 0 Å². The Morgan fingerprint density at radius 1 is 1.03 bits per heavy atom. The number of carbonyl (C=O) groups is 1. The second-order valence-electron chi connectivity index (χ2n) is 8.09. The van der Waals surface area contributed by atoms with Gasteiger partial charge >= 0.3 is 6.68 Å². The maximum Gasteiger partial charge on any atom is 0.379 e. The van der Waals surface area contributed by atoms with E-state index in [0.717, 1.165) is 5.56 Å². The highest BCUT2D eigenvalue weighted by atomic mass is 19.4. The van der Waals surface area contributed by atoms with Gasteiger partial charge in [0.15, 0.2) is 6.61 Å². The fraction of sp³-hybridized carbons (Fsp3) is 0.222. The summed E-state index contributed by atoms with van der Waals surface area (Å²) in [7, 11) is 1.66. The first-order valence-corrected chi connectivity index (χ1v) is 11.0. The second kappa shape index (κ2) is 13.1. The van der Waals surface area contributed by atoms with Crippen LogP contribution in [0.4, 0.5) is 18.9 Å². The summed E-state index contributed by atoms with van der Waals surface area (Å²) in [6.45, 7) is 3.90. The molecule has 0 saturated heterocycles. The van der Waals surface area contributed by atoms with Gasteiger partial charge in [0, 0.05) is 24.2 Å². The van der Waals surface area contributed by atoms with Crippen LogP contribution in [-0.4, -0.2) is 41.6 Å². The Bertz CT molecular complexity index is 1230. The van der Waals surface area contributed by atoms with Crippen LogP contribution in [0.15, 0.2) is 67.2 Å². The number of hydrogen-bond acceptors (Lipinski definition) is 6. The van der Waals surface area contributed by atoms with Gasteiger partial charge in [-0.1, -0.05) is 32.6 Å². The van der Waals surface area contributed by atoms with E-state index in [1.165, 1.54) is 17.0 Å². The lowest BCUT2D eigenvalue weighted by Crippen LogP contribution is -2.35. The quantitative estimate of drug-likeness (QED) is 0.329. The van der Waals surface area contributed by atoms with Gasteiger partial charge in [0.05, 0.1) is 5.69 Å². The number of anilines is 1. The number of ether oxygens (including phenoxy) is 2. The molecule has 37 heavy (non-hydrogen) atoms. The summed E-state index contributed by atoms with van der Waals surface area (Å²) >= 11 is 0. The molecule has 10 heteroatoms. The third-order valence-corrected chi connectivity index (χ3v) is 5.05. The number of hydrogen-bond donors (Lipinski definition) is 3. The van der Waals surface area contributed by atoms with Gasteiger partial charge in [-0.05, 0) is 48.4 Å². The topological polar surface area (TPSA) is 99.5 Å². The zero-order chi connectivity index (χ0) is 27.7. The van der Waals surface area contributed by atoms with Crippen molar-refractivity contribution in [1.29, 1.82) is 0 Å². The van der Waals surface area contributed by atoms with Crippen LogP contribution in [0, 0.1) is 0 Å². The number of halogens is 3. The van der Waals surface area contributed by atoms with E-state index in [4.69, 9.17) is 9.47 Å². The first-order chi connectivity index (χ1) is 17.4. The zero-order valence-electron chi connectivity index (χ0n) is 20.5. The number of rotatable bonds is 4. The molecule has 0 aliphatic carbocycles. The minimum absolute atomic E-state index is 0.00373. The van der Waals surface area contributed by atoms with Gasteiger partial charge in [-0.3, -0.25) is 4.79 Å². The van der Waals surface area contributed by atoms with Gasteiger partial charge in [-0.25, -0.2) is 0 Å². The van der Waals surface area contributed by atoms with E-state index in [9.17, 15) is 33.3 Å². The lowest BCUT2D eigenvalue weighted by atomic mass is 10.0. The molecular formula is C27H28F3NO6. The molecule has 1 amide bonds. The minimum atomic E-state index is -3.67. The van der Waals surface area contributed by atoms with Gasteiger partial charge in [0.1, 0.15) is 34.5 Å². The van der Waals surface area contributed by atoms with Crippen molar-refractivity contribution in [3.63, 3.8) is 0 Å². The number of amides is 1. The monoisotopic (exact) mass is 519 g/mol. The Kier molecular flexibility index (Phi) is 10.2. The standard InChI is InChI=1S/C17H18O3.C9H9NO3.CHF3/c1-11(2)16-10-15(7-8-17(16)19)20-14-6-4-5-13(9-14)12(3)18;1-10-7-4-6(11)2-3-8(7)13-5-9(10)12;2-1(3)4/h4-11,18-19H,3H2,1-2H3;2-4,11H,5H2,1H3;1H. The molecule has 7 nitrogen and oxygen atoms in total. The van der Waals surface area contributed by atoms with Crippen molar-refractivity contribution < 1.29 is 42.8 Å². The van der Waals surface area contributed by atoms with Crippen LogP contribution in [0.3, 0.4) is 0 Å². The summed E-state index contributed by atoms with van der Waals surface area (Å²) in [4.78, 5) is 12.7. The summed E-state index contributed by atoms with van der Waals surface area (Å²) in [5, 5.41) is 28.4. The number of phenols is 2. The van der Waals surface area contributed by atoms with Crippen LogP contribution in [0.25, 0.3) is 5.76 Å². The predicted molar refractivity (Wildman–Crippen MR) is 134 cm³/mol. The molecule has 1 heterocycles. The van der Waals surface area contributed by atoms with E-state index in [2.05, 4.69) is 6.58 Å².